The number of hydrogen-bond donors (Lipinski definition) is 3. The van der Waals surface area contributed by atoms with E-state index in [9.17, 15) is 9.59 Å². The molecule has 0 fully saturated rings. The van der Waals surface area contributed by atoms with E-state index in [-0.39, 0.29) is 12.5 Å². The molecule has 1 amide bonds. The Morgan fingerprint density at radius 2 is 2.25 bits per heavy atom. The minimum Gasteiger partial charge on any atom is -0.372 e. The molecule has 0 aliphatic carbocycles. The van der Waals surface area contributed by atoms with E-state index in [0.29, 0.717) is 25.1 Å². The topological polar surface area (TPSA) is 106 Å². The third-order valence-corrected chi connectivity index (χ3v) is 2.27. The second kappa shape index (κ2) is 9.24. The molecule has 1 rings (SSSR count). The largest absolute Gasteiger partial charge is 0.372 e. The van der Waals surface area contributed by atoms with Crippen molar-refractivity contribution in [2.45, 2.75) is 0 Å². The molecule has 3 N–H and O–H groups in total. The zero-order valence-electron chi connectivity index (χ0n) is 10.8. The van der Waals surface area contributed by atoms with Crippen LogP contribution in [0.15, 0.2) is 29.3 Å². The van der Waals surface area contributed by atoms with Gasteiger partial charge >= 0.3 is 0 Å². The third-order valence-electron chi connectivity index (χ3n) is 2.27. The highest BCUT2D eigenvalue weighted by molar-refractivity contribution is 5.95. The number of aldehydes is 1. The average molecular weight is 273 g/mol. The van der Waals surface area contributed by atoms with E-state index < -0.39 is 0 Å². The third kappa shape index (κ3) is 5.75. The summed E-state index contributed by atoms with van der Waals surface area (Å²) in [6.07, 6.45) is 3.75. The van der Waals surface area contributed by atoms with Crippen molar-refractivity contribution in [3.63, 3.8) is 0 Å². The number of nitrogens with one attached hydrogen (secondary N) is 3. The number of amides is 1. The maximum atomic E-state index is 11.6. The quantitative estimate of drug-likeness (QED) is 0.205. The number of benzene rings is 1. The molecule has 1 aromatic rings. The van der Waals surface area contributed by atoms with Crippen LogP contribution in [0.2, 0.25) is 0 Å². The van der Waals surface area contributed by atoms with Gasteiger partial charge in [0, 0.05) is 24.0 Å². The summed E-state index contributed by atoms with van der Waals surface area (Å²) in [5.41, 5.74) is 1.25. The summed E-state index contributed by atoms with van der Waals surface area (Å²) in [6, 6.07) is 6.92. The molecule has 0 aromatic heterocycles. The molecule has 0 saturated heterocycles. The Morgan fingerprint density at radius 1 is 1.40 bits per heavy atom. The van der Waals surface area contributed by atoms with E-state index in [1.54, 1.807) is 24.4 Å². The van der Waals surface area contributed by atoms with Crippen LogP contribution in [0.25, 0.3) is 0 Å². The highest BCUT2D eigenvalue weighted by Gasteiger charge is 2.04. The Labute approximate surface area is 116 Å². The van der Waals surface area contributed by atoms with Crippen molar-refractivity contribution in [3.8, 4) is 6.19 Å². The maximum Gasteiger partial charge on any atom is 0.251 e. The van der Waals surface area contributed by atoms with E-state index in [0.717, 1.165) is 5.69 Å². The molecule has 7 nitrogen and oxygen atoms in total. The molecule has 1 aromatic carbocycles. The zero-order chi connectivity index (χ0) is 14.6. The van der Waals surface area contributed by atoms with E-state index >= 15 is 0 Å². The van der Waals surface area contributed by atoms with Gasteiger partial charge in [-0.2, -0.15) is 10.3 Å². The summed E-state index contributed by atoms with van der Waals surface area (Å²) in [5, 5.41) is 16.7. The van der Waals surface area contributed by atoms with Gasteiger partial charge in [0.05, 0.1) is 13.2 Å². The van der Waals surface area contributed by atoms with Crippen LogP contribution in [-0.2, 0) is 4.79 Å². The van der Waals surface area contributed by atoms with Crippen molar-refractivity contribution in [2.75, 3.05) is 25.1 Å². The monoisotopic (exact) mass is 273 g/mol. The number of anilines is 1. The van der Waals surface area contributed by atoms with Gasteiger partial charge in [0.2, 0.25) is 6.19 Å². The summed E-state index contributed by atoms with van der Waals surface area (Å²) < 4.78 is 0. The van der Waals surface area contributed by atoms with Gasteiger partial charge in [-0.25, -0.2) is 0 Å². The van der Waals surface area contributed by atoms with Crippen molar-refractivity contribution in [3.05, 3.63) is 29.8 Å². The lowest BCUT2D eigenvalue weighted by Crippen LogP contribution is -2.26. The fourth-order valence-electron chi connectivity index (χ4n) is 1.39. The number of nitrogens with zero attached hydrogens (tertiary/aromatic N) is 2. The first kappa shape index (κ1) is 15.3. The van der Waals surface area contributed by atoms with Gasteiger partial charge in [0.25, 0.3) is 5.91 Å². The molecule has 20 heavy (non-hydrogen) atoms. The highest BCUT2D eigenvalue weighted by atomic mass is 16.2. The van der Waals surface area contributed by atoms with Crippen LogP contribution in [0.5, 0.6) is 0 Å². The molecule has 104 valence electrons. The lowest BCUT2D eigenvalue weighted by molar-refractivity contribution is -0.107. The van der Waals surface area contributed by atoms with Crippen LogP contribution in [-0.4, -0.2) is 38.2 Å². The van der Waals surface area contributed by atoms with Crippen LogP contribution in [0.4, 0.5) is 5.69 Å². The van der Waals surface area contributed by atoms with Crippen molar-refractivity contribution in [1.29, 1.82) is 5.26 Å². The predicted molar refractivity (Wildman–Crippen MR) is 75.4 cm³/mol. The molecule has 0 bridgehead atoms. The van der Waals surface area contributed by atoms with Gasteiger partial charge in [-0.15, -0.1) is 0 Å². The molecule has 0 heterocycles. The van der Waals surface area contributed by atoms with Crippen molar-refractivity contribution in [1.82, 2.24) is 10.6 Å². The first-order valence-corrected chi connectivity index (χ1v) is 5.95. The second-order valence-corrected chi connectivity index (χ2v) is 3.68. The van der Waals surface area contributed by atoms with Crippen LogP contribution < -0.4 is 16.0 Å². The zero-order valence-corrected chi connectivity index (χ0v) is 10.8. The summed E-state index contributed by atoms with van der Waals surface area (Å²) >= 11 is 0. The van der Waals surface area contributed by atoms with Gasteiger partial charge in [0.1, 0.15) is 6.29 Å². The SMILES string of the molecule is N#CN=CCNCNc1cccc(C(=O)NCC=O)c1. The predicted octanol–water partition coefficient (Wildman–Crippen LogP) is 0.126. The molecule has 0 radical (unpaired) electrons. The molecule has 0 aliphatic heterocycles. The minimum atomic E-state index is -0.296. The molecular weight excluding hydrogens is 258 g/mol. The van der Waals surface area contributed by atoms with E-state index in [2.05, 4.69) is 20.9 Å². The maximum absolute atomic E-state index is 11.6. The average Bonchev–Trinajstić information content (AvgIpc) is 2.48. The van der Waals surface area contributed by atoms with Gasteiger partial charge in [0.15, 0.2) is 0 Å². The minimum absolute atomic E-state index is 0.00370. The number of aliphatic imine (C=N–C) groups is 1. The molecule has 0 atom stereocenters. The summed E-state index contributed by atoms with van der Waals surface area (Å²) in [6.45, 7) is 0.938. The Hall–Kier alpha value is -2.72. The standard InChI is InChI=1S/C13H15N5O2/c14-9-15-4-5-16-10-18-12-3-1-2-11(8-12)13(20)17-6-7-19/h1-4,7-8,16,18H,5-6,10H2,(H,17,20). The lowest BCUT2D eigenvalue weighted by Gasteiger charge is -2.08. The van der Waals surface area contributed by atoms with Gasteiger partial charge in [-0.1, -0.05) is 6.07 Å². The van der Waals surface area contributed by atoms with E-state index in [4.69, 9.17) is 5.26 Å². The Kier molecular flexibility index (Phi) is 7.09. The fraction of sp³-hybridized carbons (Fsp3) is 0.231. The summed E-state index contributed by atoms with van der Waals surface area (Å²) in [7, 11) is 0. The second-order valence-electron chi connectivity index (χ2n) is 3.68. The first-order valence-electron chi connectivity index (χ1n) is 5.95. The number of rotatable bonds is 8. The summed E-state index contributed by atoms with van der Waals surface area (Å²) in [5.74, 6) is -0.296. The van der Waals surface area contributed by atoms with E-state index in [1.807, 2.05) is 6.07 Å². The highest BCUT2D eigenvalue weighted by Crippen LogP contribution is 2.09. The molecule has 0 saturated carbocycles. The number of carbonyl (C=O) groups excluding carboxylic acids is 2. The number of nitriles is 1. The van der Waals surface area contributed by atoms with Crippen LogP contribution >= 0.6 is 0 Å². The van der Waals surface area contributed by atoms with Crippen molar-refractivity contribution in [2.24, 2.45) is 4.99 Å². The van der Waals surface area contributed by atoms with Gasteiger partial charge in [-0.3, -0.25) is 10.1 Å². The lowest BCUT2D eigenvalue weighted by atomic mass is 10.2. The van der Waals surface area contributed by atoms with Crippen molar-refractivity contribution >= 4 is 24.1 Å². The molecule has 0 aliphatic rings. The Bertz CT molecular complexity index is 522. The van der Waals surface area contributed by atoms with E-state index in [1.165, 1.54) is 6.21 Å². The number of hydrogen-bond acceptors (Lipinski definition) is 6. The molecule has 0 spiro atoms. The Morgan fingerprint density at radius 3 is 3.00 bits per heavy atom. The molecule has 7 heteroatoms. The van der Waals surface area contributed by atoms with Crippen LogP contribution in [0.3, 0.4) is 0 Å². The molecular formula is C13H15N5O2. The van der Waals surface area contributed by atoms with Crippen molar-refractivity contribution < 1.29 is 9.59 Å². The smallest absolute Gasteiger partial charge is 0.251 e. The molecule has 0 unspecified atom stereocenters. The first-order chi connectivity index (χ1) is 9.77. The normalized spacial score (nSPS) is 9.95. The Balaban J connectivity index is 2.43. The number of carbonyl (C=O) groups is 2. The van der Waals surface area contributed by atoms with Crippen LogP contribution in [0.1, 0.15) is 10.4 Å². The fourth-order valence-corrected chi connectivity index (χ4v) is 1.39. The van der Waals surface area contributed by atoms with Gasteiger partial charge in [-0.05, 0) is 18.2 Å². The summed E-state index contributed by atoms with van der Waals surface area (Å²) in [4.78, 5) is 25.2. The van der Waals surface area contributed by atoms with Gasteiger partial charge < -0.3 is 15.4 Å². The van der Waals surface area contributed by atoms with Crippen LogP contribution in [0, 0.1) is 11.5 Å².